The Morgan fingerprint density at radius 3 is 2.58 bits per heavy atom. The van der Waals surface area contributed by atoms with Gasteiger partial charge in [-0.05, 0) is 37.1 Å². The number of rotatable bonds is 3. The molecule has 1 aromatic carbocycles. The molecule has 0 saturated carbocycles. The summed E-state index contributed by atoms with van der Waals surface area (Å²) in [7, 11) is 0. The third kappa shape index (κ3) is 3.11. The molecule has 1 N–H and O–H groups in total. The molecule has 0 fully saturated rings. The van der Waals surface area contributed by atoms with Gasteiger partial charge in [0.25, 0.3) is 0 Å². The molecule has 0 bridgehead atoms. The van der Waals surface area contributed by atoms with E-state index in [1.165, 1.54) is 10.8 Å². The van der Waals surface area contributed by atoms with Crippen molar-refractivity contribution in [3.05, 3.63) is 69.9 Å². The molecule has 3 aromatic rings. The summed E-state index contributed by atoms with van der Waals surface area (Å²) in [6.07, 6.45) is -3.18. The lowest BCUT2D eigenvalue weighted by molar-refractivity contribution is -0.137. The van der Waals surface area contributed by atoms with Crippen LogP contribution in [0.3, 0.4) is 0 Å². The highest BCUT2D eigenvalue weighted by molar-refractivity contribution is 6.33. The van der Waals surface area contributed by atoms with E-state index in [-0.39, 0.29) is 28.0 Å². The molecule has 0 saturated heterocycles. The summed E-state index contributed by atoms with van der Waals surface area (Å²) < 4.78 is 47.4. The molecule has 10 heteroatoms. The Morgan fingerprint density at radius 1 is 1.35 bits per heavy atom. The highest BCUT2D eigenvalue weighted by Gasteiger charge is 2.44. The van der Waals surface area contributed by atoms with Gasteiger partial charge in [-0.25, -0.2) is 0 Å². The van der Waals surface area contributed by atoms with E-state index in [9.17, 15) is 13.2 Å². The first kappa shape index (κ1) is 21.3. The Morgan fingerprint density at radius 2 is 2.06 bits per heavy atom. The van der Waals surface area contributed by atoms with Crippen LogP contribution in [0.1, 0.15) is 22.6 Å². The number of nitrogens with zero attached hydrogens (tertiary/aromatic N) is 3. The van der Waals surface area contributed by atoms with E-state index < -0.39 is 17.3 Å². The second-order valence-corrected chi connectivity index (χ2v) is 7.86. The summed E-state index contributed by atoms with van der Waals surface area (Å²) in [5, 5.41) is 7.34. The van der Waals surface area contributed by atoms with E-state index >= 15 is 0 Å². The number of halogens is 5. The van der Waals surface area contributed by atoms with Crippen molar-refractivity contribution in [1.29, 1.82) is 0 Å². The molecule has 160 valence electrons. The average molecular weight is 467 g/mol. The van der Waals surface area contributed by atoms with Crippen molar-refractivity contribution < 1.29 is 17.6 Å². The molecule has 0 aliphatic carbocycles. The van der Waals surface area contributed by atoms with Gasteiger partial charge in [0.1, 0.15) is 23.0 Å². The summed E-state index contributed by atoms with van der Waals surface area (Å²) in [5.74, 6) is 1.48. The maximum atomic E-state index is 13.5. The largest absolute Gasteiger partial charge is 0.466 e. The van der Waals surface area contributed by atoms with Gasteiger partial charge in [-0.1, -0.05) is 24.2 Å². The third-order valence-electron chi connectivity index (χ3n) is 5.27. The number of benzene rings is 1. The van der Waals surface area contributed by atoms with Crippen molar-refractivity contribution in [2.24, 2.45) is 0 Å². The predicted octanol–water partition coefficient (Wildman–Crippen LogP) is 7.02. The van der Waals surface area contributed by atoms with Gasteiger partial charge >= 0.3 is 12.0 Å². The van der Waals surface area contributed by atoms with Gasteiger partial charge in [-0.3, -0.25) is 0 Å². The van der Waals surface area contributed by atoms with Crippen LogP contribution in [0.2, 0.25) is 5.02 Å². The predicted molar refractivity (Wildman–Crippen MR) is 113 cm³/mol. The summed E-state index contributed by atoms with van der Waals surface area (Å²) in [4.78, 5) is 3.52. The SMILES string of the molecule is [C-]#[N+]c1nn2c(c1-c1cc(C)oc1C)NC(C=C)(CCl)c1cc(C(F)(F)F)cc(Cl)c1-2. The molecule has 0 spiro atoms. The van der Waals surface area contributed by atoms with Gasteiger partial charge in [0.2, 0.25) is 0 Å². The van der Waals surface area contributed by atoms with E-state index in [0.717, 1.165) is 12.1 Å². The summed E-state index contributed by atoms with van der Waals surface area (Å²) >= 11 is 12.6. The fourth-order valence-corrected chi connectivity index (χ4v) is 4.43. The van der Waals surface area contributed by atoms with Crippen LogP contribution < -0.4 is 5.32 Å². The molecular weight excluding hydrogens is 452 g/mol. The number of anilines is 1. The molecule has 1 atom stereocenters. The quantitative estimate of drug-likeness (QED) is 0.256. The Labute approximate surface area is 185 Å². The van der Waals surface area contributed by atoms with E-state index in [2.05, 4.69) is 21.8 Å². The normalized spacial score (nSPS) is 17.5. The zero-order valence-corrected chi connectivity index (χ0v) is 17.9. The first-order chi connectivity index (χ1) is 14.6. The van der Waals surface area contributed by atoms with Crippen molar-refractivity contribution in [3.8, 4) is 16.8 Å². The van der Waals surface area contributed by atoms with Crippen molar-refractivity contribution in [2.75, 3.05) is 11.2 Å². The van der Waals surface area contributed by atoms with Crippen LogP contribution in [-0.4, -0.2) is 15.7 Å². The Kier molecular flexibility index (Phi) is 4.87. The summed E-state index contributed by atoms with van der Waals surface area (Å²) in [6, 6.07) is 3.58. The number of hydrogen-bond donors (Lipinski definition) is 1. The topological polar surface area (TPSA) is 47.4 Å². The number of alkyl halides is 4. The lowest BCUT2D eigenvalue weighted by Gasteiger charge is -2.37. The number of nitrogens with one attached hydrogen (secondary N) is 1. The van der Waals surface area contributed by atoms with E-state index in [1.807, 2.05) is 0 Å². The highest BCUT2D eigenvalue weighted by atomic mass is 35.5. The zero-order chi connectivity index (χ0) is 22.7. The maximum Gasteiger partial charge on any atom is 0.416 e. The van der Waals surface area contributed by atoms with E-state index in [4.69, 9.17) is 34.2 Å². The minimum Gasteiger partial charge on any atom is -0.466 e. The van der Waals surface area contributed by atoms with Crippen LogP contribution in [-0.2, 0) is 11.7 Å². The van der Waals surface area contributed by atoms with Gasteiger partial charge in [0.15, 0.2) is 0 Å². The standard InChI is InChI=1S/C21H15Cl2F3N4O/c1-5-20(9-22)14-7-12(21(24,25)26)8-15(23)17(14)30-19(28-20)16(18(27-4)29-30)13-6-10(2)31-11(13)3/h5-8,28H,1,9H2,2-3H3. The van der Waals surface area contributed by atoms with E-state index in [0.29, 0.717) is 28.5 Å². The molecule has 1 aliphatic heterocycles. The number of hydrogen-bond acceptors (Lipinski definition) is 3. The van der Waals surface area contributed by atoms with Gasteiger partial charge in [-0.15, -0.1) is 22.9 Å². The molecule has 2 aromatic heterocycles. The van der Waals surface area contributed by atoms with Gasteiger partial charge in [-0.2, -0.15) is 13.2 Å². The van der Waals surface area contributed by atoms with Crippen LogP contribution in [0.25, 0.3) is 21.7 Å². The molecule has 0 amide bonds. The fourth-order valence-electron chi connectivity index (χ4n) is 3.81. The first-order valence-corrected chi connectivity index (χ1v) is 9.94. The summed E-state index contributed by atoms with van der Waals surface area (Å²) in [6.45, 7) is 14.9. The smallest absolute Gasteiger partial charge is 0.416 e. The van der Waals surface area contributed by atoms with Crippen molar-refractivity contribution in [3.63, 3.8) is 0 Å². The summed E-state index contributed by atoms with van der Waals surface area (Å²) in [5.41, 5.74) is -0.748. The second kappa shape index (κ2) is 7.08. The van der Waals surface area contributed by atoms with E-state index in [1.54, 1.807) is 19.9 Å². The lowest BCUT2D eigenvalue weighted by atomic mass is 9.86. The molecule has 4 rings (SSSR count). The van der Waals surface area contributed by atoms with Crippen molar-refractivity contribution >= 4 is 34.8 Å². The number of furan rings is 1. The van der Waals surface area contributed by atoms with Gasteiger partial charge in [0.05, 0.1) is 27.6 Å². The fraction of sp³-hybridized carbons (Fsp3) is 0.238. The average Bonchev–Trinajstić information content (AvgIpc) is 3.24. The molecular formula is C21H15Cl2F3N4O. The lowest BCUT2D eigenvalue weighted by Crippen LogP contribution is -2.40. The number of aromatic nitrogens is 2. The Balaban J connectivity index is 2.11. The molecule has 5 nitrogen and oxygen atoms in total. The van der Waals surface area contributed by atoms with Crippen LogP contribution in [0.5, 0.6) is 0 Å². The van der Waals surface area contributed by atoms with Gasteiger partial charge < -0.3 is 14.6 Å². The van der Waals surface area contributed by atoms with Crippen LogP contribution in [0.15, 0.2) is 35.3 Å². The number of fused-ring (bicyclic) bond motifs is 3. The maximum absolute atomic E-state index is 13.5. The Bertz CT molecular complexity index is 1270. The van der Waals surface area contributed by atoms with Crippen LogP contribution in [0.4, 0.5) is 24.8 Å². The Hall–Kier alpha value is -2.89. The molecule has 0 radical (unpaired) electrons. The van der Waals surface area contributed by atoms with Crippen LogP contribution >= 0.6 is 23.2 Å². The molecule has 31 heavy (non-hydrogen) atoms. The molecule has 1 unspecified atom stereocenters. The first-order valence-electron chi connectivity index (χ1n) is 9.03. The zero-order valence-electron chi connectivity index (χ0n) is 16.4. The monoisotopic (exact) mass is 466 g/mol. The van der Waals surface area contributed by atoms with Crippen LogP contribution in [0, 0.1) is 20.4 Å². The number of aryl methyl sites for hydroxylation is 2. The molecule has 1 aliphatic rings. The van der Waals surface area contributed by atoms with Crippen molar-refractivity contribution in [2.45, 2.75) is 25.6 Å². The third-order valence-corrected chi connectivity index (χ3v) is 5.98. The van der Waals surface area contributed by atoms with Crippen molar-refractivity contribution in [1.82, 2.24) is 9.78 Å². The second-order valence-electron chi connectivity index (χ2n) is 7.18. The molecule has 3 heterocycles. The highest BCUT2D eigenvalue weighted by Crippen LogP contribution is 2.50. The minimum absolute atomic E-state index is 0.0442. The minimum atomic E-state index is -4.61. The van der Waals surface area contributed by atoms with Gasteiger partial charge in [0, 0.05) is 11.1 Å².